The molecular weight excluding hydrogens is 321 g/mol. The third kappa shape index (κ3) is 6.11. The number of hydrogen-bond acceptors (Lipinski definition) is 3. The molecule has 0 radical (unpaired) electrons. The van der Waals surface area contributed by atoms with Crippen LogP contribution >= 0.6 is 24.8 Å². The molecule has 1 fully saturated rings. The van der Waals surface area contributed by atoms with Gasteiger partial charge in [-0.25, -0.2) is 0 Å². The predicted octanol–water partition coefficient (Wildman–Crippen LogP) is 2.77. The summed E-state index contributed by atoms with van der Waals surface area (Å²) < 4.78 is 0. The normalized spacial score (nSPS) is 14.6. The van der Waals surface area contributed by atoms with Crippen molar-refractivity contribution in [2.24, 2.45) is 0 Å². The molecule has 126 valence electrons. The van der Waals surface area contributed by atoms with Gasteiger partial charge in [0, 0.05) is 24.5 Å². The van der Waals surface area contributed by atoms with E-state index in [-0.39, 0.29) is 30.7 Å². The molecule has 0 saturated carbocycles. The van der Waals surface area contributed by atoms with Crippen LogP contribution in [0.5, 0.6) is 0 Å². The van der Waals surface area contributed by atoms with E-state index in [2.05, 4.69) is 22.1 Å². The first-order valence-corrected chi connectivity index (χ1v) is 7.62. The number of carbonyl (C=O) groups is 1. The molecule has 0 aromatic carbocycles. The minimum atomic E-state index is 0. The van der Waals surface area contributed by atoms with Crippen LogP contribution in [-0.4, -0.2) is 41.5 Å². The molecule has 1 aliphatic heterocycles. The van der Waals surface area contributed by atoms with E-state index in [1.54, 1.807) is 0 Å². The highest BCUT2D eigenvalue weighted by Gasteiger charge is 2.24. The molecule has 1 saturated heterocycles. The van der Waals surface area contributed by atoms with Gasteiger partial charge in [0.2, 0.25) is 5.91 Å². The van der Waals surface area contributed by atoms with Crippen LogP contribution in [0.3, 0.4) is 0 Å². The zero-order valence-electron chi connectivity index (χ0n) is 13.4. The summed E-state index contributed by atoms with van der Waals surface area (Å²) in [4.78, 5) is 18.9. The fraction of sp³-hybridized carbons (Fsp3) is 0.625. The Morgan fingerprint density at radius 2 is 2.00 bits per heavy atom. The maximum atomic E-state index is 12.6. The highest BCUT2D eigenvalue weighted by Crippen LogP contribution is 2.14. The lowest BCUT2D eigenvalue weighted by Crippen LogP contribution is -2.47. The van der Waals surface area contributed by atoms with Crippen LogP contribution in [-0.2, 0) is 11.2 Å². The average molecular weight is 348 g/mol. The van der Waals surface area contributed by atoms with E-state index in [1.165, 1.54) is 0 Å². The molecule has 0 atom stereocenters. The summed E-state index contributed by atoms with van der Waals surface area (Å²) in [5.74, 6) is 0.240. The van der Waals surface area contributed by atoms with Gasteiger partial charge in [-0.15, -0.1) is 24.8 Å². The largest absolute Gasteiger partial charge is 0.339 e. The number of piperidine rings is 1. The molecule has 1 aromatic rings. The predicted molar refractivity (Wildman–Crippen MR) is 95.1 cm³/mol. The standard InChI is InChI=1S/C16H25N3O.2ClH/c1-3-10-19(15-6-8-17-9-7-15)16(20)11-14-5-4-13(2)18-12-14;;/h4-5,12,15,17H,3,6-11H2,1-2H3;2*1H. The van der Waals surface area contributed by atoms with Crippen molar-refractivity contribution in [3.63, 3.8) is 0 Å². The molecule has 1 amide bonds. The van der Waals surface area contributed by atoms with Crippen molar-refractivity contribution in [1.82, 2.24) is 15.2 Å². The van der Waals surface area contributed by atoms with Gasteiger partial charge in [-0.2, -0.15) is 0 Å². The van der Waals surface area contributed by atoms with Gasteiger partial charge in [-0.1, -0.05) is 13.0 Å². The summed E-state index contributed by atoms with van der Waals surface area (Å²) in [6.45, 7) is 7.00. The average Bonchev–Trinajstić information content (AvgIpc) is 2.48. The van der Waals surface area contributed by atoms with Gasteiger partial charge in [0.05, 0.1) is 6.42 Å². The maximum absolute atomic E-state index is 12.6. The van der Waals surface area contributed by atoms with Crippen molar-refractivity contribution >= 4 is 30.7 Å². The monoisotopic (exact) mass is 347 g/mol. The summed E-state index contributed by atoms with van der Waals surface area (Å²) in [5, 5.41) is 3.36. The van der Waals surface area contributed by atoms with Gasteiger partial charge in [-0.05, 0) is 50.9 Å². The second-order valence-corrected chi connectivity index (χ2v) is 5.55. The number of hydrogen-bond donors (Lipinski definition) is 1. The maximum Gasteiger partial charge on any atom is 0.227 e. The van der Waals surface area contributed by atoms with Crippen LogP contribution in [0, 0.1) is 6.92 Å². The van der Waals surface area contributed by atoms with Crippen molar-refractivity contribution in [2.45, 2.75) is 45.6 Å². The number of nitrogens with one attached hydrogen (secondary N) is 1. The Morgan fingerprint density at radius 3 is 2.55 bits per heavy atom. The summed E-state index contributed by atoms with van der Waals surface area (Å²) in [7, 11) is 0. The third-order valence-corrected chi connectivity index (χ3v) is 3.86. The van der Waals surface area contributed by atoms with Crippen molar-refractivity contribution in [1.29, 1.82) is 0 Å². The Labute approximate surface area is 145 Å². The van der Waals surface area contributed by atoms with E-state index in [9.17, 15) is 4.79 Å². The van der Waals surface area contributed by atoms with Crippen molar-refractivity contribution in [3.05, 3.63) is 29.6 Å². The highest BCUT2D eigenvalue weighted by molar-refractivity contribution is 5.85. The lowest BCUT2D eigenvalue weighted by Gasteiger charge is -2.34. The first-order valence-electron chi connectivity index (χ1n) is 7.62. The van der Waals surface area contributed by atoms with E-state index in [1.807, 2.05) is 25.3 Å². The summed E-state index contributed by atoms with van der Waals surface area (Å²) in [6, 6.07) is 4.38. The van der Waals surface area contributed by atoms with Gasteiger partial charge in [0.15, 0.2) is 0 Å². The van der Waals surface area contributed by atoms with Gasteiger partial charge < -0.3 is 10.2 Å². The van der Waals surface area contributed by atoms with Crippen LogP contribution in [0.15, 0.2) is 18.3 Å². The SMILES string of the molecule is CCCN(C(=O)Cc1ccc(C)nc1)C1CCNCC1.Cl.Cl. The molecule has 6 heteroatoms. The Bertz CT molecular complexity index is 434. The molecule has 2 heterocycles. The van der Waals surface area contributed by atoms with Crippen LogP contribution in [0.4, 0.5) is 0 Å². The molecular formula is C16H27Cl2N3O. The molecule has 22 heavy (non-hydrogen) atoms. The Hall–Kier alpha value is -0.840. The summed E-state index contributed by atoms with van der Waals surface area (Å²) in [6.07, 6.45) is 5.44. The lowest BCUT2D eigenvalue weighted by atomic mass is 10.0. The van der Waals surface area contributed by atoms with E-state index in [0.29, 0.717) is 12.5 Å². The smallest absolute Gasteiger partial charge is 0.227 e. The number of aryl methyl sites for hydroxylation is 1. The Kier molecular flexibility index (Phi) is 10.4. The molecule has 0 aliphatic carbocycles. The number of carbonyl (C=O) groups excluding carboxylic acids is 1. The number of halogens is 2. The molecule has 0 unspecified atom stereocenters. The van der Waals surface area contributed by atoms with Gasteiger partial charge in [0.1, 0.15) is 0 Å². The minimum Gasteiger partial charge on any atom is -0.339 e. The zero-order chi connectivity index (χ0) is 14.4. The fourth-order valence-corrected chi connectivity index (χ4v) is 2.75. The fourth-order valence-electron chi connectivity index (χ4n) is 2.75. The second kappa shape index (κ2) is 10.8. The topological polar surface area (TPSA) is 45.2 Å². The van der Waals surface area contributed by atoms with Gasteiger partial charge >= 0.3 is 0 Å². The van der Waals surface area contributed by atoms with Crippen molar-refractivity contribution in [2.75, 3.05) is 19.6 Å². The quantitative estimate of drug-likeness (QED) is 0.890. The molecule has 1 aliphatic rings. The number of pyridine rings is 1. The minimum absolute atomic E-state index is 0. The zero-order valence-corrected chi connectivity index (χ0v) is 15.0. The third-order valence-electron chi connectivity index (χ3n) is 3.86. The van der Waals surface area contributed by atoms with Gasteiger partial charge in [-0.3, -0.25) is 9.78 Å². The molecule has 2 rings (SSSR count). The van der Waals surface area contributed by atoms with Crippen molar-refractivity contribution in [3.8, 4) is 0 Å². The Balaban J connectivity index is 0.00000220. The second-order valence-electron chi connectivity index (χ2n) is 5.55. The van der Waals surface area contributed by atoms with Gasteiger partial charge in [0.25, 0.3) is 0 Å². The molecule has 1 N–H and O–H groups in total. The number of amides is 1. The van der Waals surface area contributed by atoms with E-state index < -0.39 is 0 Å². The highest BCUT2D eigenvalue weighted by atomic mass is 35.5. The lowest BCUT2D eigenvalue weighted by molar-refractivity contribution is -0.133. The van der Waals surface area contributed by atoms with E-state index >= 15 is 0 Å². The Morgan fingerprint density at radius 1 is 1.32 bits per heavy atom. The first-order chi connectivity index (χ1) is 9.70. The number of aromatic nitrogens is 1. The van der Waals surface area contributed by atoms with Crippen LogP contribution in [0.25, 0.3) is 0 Å². The molecule has 4 nitrogen and oxygen atoms in total. The van der Waals surface area contributed by atoms with E-state index in [0.717, 1.165) is 50.2 Å². The van der Waals surface area contributed by atoms with Crippen molar-refractivity contribution < 1.29 is 4.79 Å². The number of rotatable bonds is 5. The van der Waals surface area contributed by atoms with E-state index in [4.69, 9.17) is 0 Å². The van der Waals surface area contributed by atoms with Crippen LogP contribution in [0.2, 0.25) is 0 Å². The number of nitrogens with zero attached hydrogens (tertiary/aromatic N) is 2. The molecule has 0 spiro atoms. The van der Waals surface area contributed by atoms with Crippen LogP contribution < -0.4 is 5.32 Å². The molecule has 0 bridgehead atoms. The summed E-state index contributed by atoms with van der Waals surface area (Å²) >= 11 is 0. The first kappa shape index (κ1) is 21.2. The van der Waals surface area contributed by atoms with Crippen LogP contribution in [0.1, 0.15) is 37.4 Å². The summed E-state index contributed by atoms with van der Waals surface area (Å²) in [5.41, 5.74) is 2.00. The molecule has 1 aromatic heterocycles.